The second kappa shape index (κ2) is 7.81. The molecule has 0 aliphatic carbocycles. The van der Waals surface area contributed by atoms with Crippen molar-refractivity contribution in [2.45, 2.75) is 6.10 Å². The number of carbonyl (C=O) groups excluding carboxylic acids is 2. The fourth-order valence-electron chi connectivity index (χ4n) is 2.61. The second-order valence-electron chi connectivity index (χ2n) is 5.64. The smallest absolute Gasteiger partial charge is 0.262 e. The van der Waals surface area contributed by atoms with E-state index < -0.39 is 6.10 Å². The summed E-state index contributed by atoms with van der Waals surface area (Å²) in [5, 5.41) is 3.41. The molecule has 2 aromatic carbocycles. The van der Waals surface area contributed by atoms with Crippen LogP contribution in [0.15, 0.2) is 48.5 Å². The van der Waals surface area contributed by atoms with Gasteiger partial charge < -0.3 is 15.0 Å². The van der Waals surface area contributed by atoms with Crippen molar-refractivity contribution in [1.82, 2.24) is 5.32 Å². The van der Waals surface area contributed by atoms with Crippen LogP contribution in [0, 0.1) is 0 Å². The summed E-state index contributed by atoms with van der Waals surface area (Å²) in [6.45, 7) is 0.126. The molecule has 1 atom stereocenters. The summed E-state index contributed by atoms with van der Waals surface area (Å²) < 4.78 is 5.69. The van der Waals surface area contributed by atoms with Crippen molar-refractivity contribution >= 4 is 46.8 Å². The lowest BCUT2D eigenvalue weighted by Gasteiger charge is -2.33. The molecule has 7 heteroatoms. The van der Waals surface area contributed by atoms with Crippen molar-refractivity contribution in [2.75, 3.05) is 18.5 Å². The molecule has 0 bridgehead atoms. The van der Waals surface area contributed by atoms with Crippen molar-refractivity contribution < 1.29 is 14.3 Å². The Balaban J connectivity index is 1.86. The van der Waals surface area contributed by atoms with Crippen molar-refractivity contribution in [2.24, 2.45) is 0 Å². The van der Waals surface area contributed by atoms with E-state index in [2.05, 4.69) is 5.32 Å². The van der Waals surface area contributed by atoms with Gasteiger partial charge in [0, 0.05) is 13.1 Å². The van der Waals surface area contributed by atoms with Crippen LogP contribution in [0.25, 0.3) is 6.08 Å². The lowest BCUT2D eigenvalue weighted by atomic mass is 10.1. The molecule has 0 fully saturated rings. The van der Waals surface area contributed by atoms with Gasteiger partial charge in [-0.2, -0.15) is 0 Å². The third kappa shape index (κ3) is 3.84. The normalized spacial score (nSPS) is 16.1. The van der Waals surface area contributed by atoms with E-state index in [9.17, 15) is 9.59 Å². The minimum absolute atomic E-state index is 0.126. The highest BCUT2D eigenvalue weighted by atomic mass is 35.5. The monoisotopic (exact) mass is 390 g/mol. The van der Waals surface area contributed by atoms with Crippen LogP contribution in [0.2, 0.25) is 10.0 Å². The number of anilines is 1. The van der Waals surface area contributed by atoms with Gasteiger partial charge in [0.05, 0.1) is 22.3 Å². The van der Waals surface area contributed by atoms with Gasteiger partial charge in [0.2, 0.25) is 0 Å². The molecule has 1 aliphatic rings. The fourth-order valence-corrected chi connectivity index (χ4v) is 2.92. The first-order valence-corrected chi connectivity index (χ1v) is 8.67. The highest BCUT2D eigenvalue weighted by molar-refractivity contribution is 6.42. The number of fused-ring (bicyclic) bond motifs is 1. The van der Waals surface area contributed by atoms with Crippen molar-refractivity contribution in [3.05, 3.63) is 64.1 Å². The molecule has 0 spiro atoms. The largest absolute Gasteiger partial charge is 0.477 e. The molecule has 1 unspecified atom stereocenters. The molecular formula is C19H16Cl2N2O3. The van der Waals surface area contributed by atoms with Crippen LogP contribution in [0.5, 0.6) is 5.75 Å². The highest BCUT2D eigenvalue weighted by Gasteiger charge is 2.32. The van der Waals surface area contributed by atoms with Crippen LogP contribution < -0.4 is 15.0 Å². The Kier molecular flexibility index (Phi) is 5.49. The summed E-state index contributed by atoms with van der Waals surface area (Å²) in [7, 11) is 1.53. The zero-order chi connectivity index (χ0) is 18.7. The summed E-state index contributed by atoms with van der Waals surface area (Å²) in [4.78, 5) is 26.2. The zero-order valence-electron chi connectivity index (χ0n) is 13.9. The summed E-state index contributed by atoms with van der Waals surface area (Å²) >= 11 is 11.9. The number of likely N-dealkylation sites (N-methyl/N-ethyl adjacent to an activating group) is 1. The maximum atomic E-state index is 12.7. The fraction of sp³-hybridized carbons (Fsp3) is 0.158. The molecule has 0 saturated heterocycles. The summed E-state index contributed by atoms with van der Waals surface area (Å²) in [6, 6.07) is 12.2. The molecule has 1 N–H and O–H groups in total. The maximum Gasteiger partial charge on any atom is 0.262 e. The zero-order valence-corrected chi connectivity index (χ0v) is 15.4. The average molecular weight is 391 g/mol. The van der Waals surface area contributed by atoms with Crippen LogP contribution in [-0.2, 0) is 9.59 Å². The molecule has 3 rings (SSSR count). The van der Waals surface area contributed by atoms with Crippen molar-refractivity contribution in [3.8, 4) is 5.75 Å². The number of ether oxygens (including phenoxy) is 1. The first-order chi connectivity index (χ1) is 12.5. The van der Waals surface area contributed by atoms with E-state index in [-0.39, 0.29) is 18.4 Å². The Bertz CT molecular complexity index is 883. The summed E-state index contributed by atoms with van der Waals surface area (Å²) in [5.74, 6) is -0.0601. The topological polar surface area (TPSA) is 58.6 Å². The lowest BCUT2D eigenvalue weighted by Crippen LogP contribution is -2.49. The number of amides is 2. The molecule has 26 heavy (non-hydrogen) atoms. The van der Waals surface area contributed by atoms with Gasteiger partial charge in [-0.3, -0.25) is 9.59 Å². The third-order valence-corrected chi connectivity index (χ3v) is 4.68. The molecule has 2 amide bonds. The number of nitrogens with one attached hydrogen (secondary N) is 1. The Morgan fingerprint density at radius 2 is 1.96 bits per heavy atom. The van der Waals surface area contributed by atoms with Gasteiger partial charge >= 0.3 is 0 Å². The molecule has 2 aromatic rings. The Hall–Kier alpha value is -2.50. The van der Waals surface area contributed by atoms with Gasteiger partial charge in [0.15, 0.2) is 6.10 Å². The van der Waals surface area contributed by atoms with Crippen LogP contribution in [0.1, 0.15) is 5.56 Å². The van der Waals surface area contributed by atoms with E-state index in [1.807, 2.05) is 6.07 Å². The van der Waals surface area contributed by atoms with E-state index in [0.29, 0.717) is 21.5 Å². The summed E-state index contributed by atoms with van der Waals surface area (Å²) in [6.07, 6.45) is 2.32. The number of carbonyl (C=O) groups is 2. The number of hydrogen-bond acceptors (Lipinski definition) is 3. The number of rotatable bonds is 3. The number of para-hydroxylation sites is 2. The van der Waals surface area contributed by atoms with E-state index in [1.54, 1.807) is 42.5 Å². The van der Waals surface area contributed by atoms with Gasteiger partial charge in [0.25, 0.3) is 11.8 Å². The molecule has 0 saturated carbocycles. The van der Waals surface area contributed by atoms with Crippen LogP contribution >= 0.6 is 23.2 Å². The maximum absolute atomic E-state index is 12.7. The minimum atomic E-state index is -0.766. The molecule has 1 heterocycles. The van der Waals surface area contributed by atoms with E-state index >= 15 is 0 Å². The first kappa shape index (κ1) is 18.3. The van der Waals surface area contributed by atoms with E-state index in [0.717, 1.165) is 5.56 Å². The SMILES string of the molecule is CNC(=O)C1CN(C(=O)/C=C/c2ccc(Cl)c(Cl)c2)c2ccccc2O1. The third-order valence-electron chi connectivity index (χ3n) is 3.94. The molecule has 5 nitrogen and oxygen atoms in total. The lowest BCUT2D eigenvalue weighted by molar-refractivity contribution is -0.127. The van der Waals surface area contributed by atoms with Gasteiger partial charge in [-0.15, -0.1) is 0 Å². The molecule has 1 aliphatic heterocycles. The van der Waals surface area contributed by atoms with Gasteiger partial charge in [-0.1, -0.05) is 41.4 Å². The van der Waals surface area contributed by atoms with Gasteiger partial charge in [-0.05, 0) is 35.9 Å². The molecule has 0 aromatic heterocycles. The minimum Gasteiger partial charge on any atom is -0.477 e. The Morgan fingerprint density at radius 1 is 1.19 bits per heavy atom. The first-order valence-electron chi connectivity index (χ1n) is 7.91. The summed E-state index contributed by atoms with van der Waals surface area (Å²) in [5.41, 5.74) is 1.37. The predicted molar refractivity (Wildman–Crippen MR) is 103 cm³/mol. The van der Waals surface area contributed by atoms with Crippen LogP contribution in [-0.4, -0.2) is 31.5 Å². The Morgan fingerprint density at radius 3 is 2.69 bits per heavy atom. The van der Waals surface area contributed by atoms with Gasteiger partial charge in [0.1, 0.15) is 5.75 Å². The van der Waals surface area contributed by atoms with Gasteiger partial charge in [-0.25, -0.2) is 0 Å². The second-order valence-corrected chi connectivity index (χ2v) is 6.46. The standard InChI is InChI=1S/C19H16Cl2N2O3/c1-22-19(25)17-11-23(15-4-2-3-5-16(15)26-17)18(24)9-7-12-6-8-13(20)14(21)10-12/h2-10,17H,11H2,1H3,(H,22,25)/b9-7+. The van der Waals surface area contributed by atoms with Crippen molar-refractivity contribution in [1.29, 1.82) is 0 Å². The molecule has 134 valence electrons. The average Bonchev–Trinajstić information content (AvgIpc) is 2.67. The number of benzene rings is 2. The van der Waals surface area contributed by atoms with Crippen LogP contribution in [0.4, 0.5) is 5.69 Å². The molecular weight excluding hydrogens is 375 g/mol. The predicted octanol–water partition coefficient (Wildman–Crippen LogP) is 3.55. The Labute approximate surface area is 161 Å². The number of nitrogens with zero attached hydrogens (tertiary/aromatic N) is 1. The number of halogens is 2. The quantitative estimate of drug-likeness (QED) is 0.815. The van der Waals surface area contributed by atoms with Crippen LogP contribution in [0.3, 0.4) is 0 Å². The van der Waals surface area contributed by atoms with Crippen molar-refractivity contribution in [3.63, 3.8) is 0 Å². The van der Waals surface area contributed by atoms with E-state index in [4.69, 9.17) is 27.9 Å². The van der Waals surface area contributed by atoms with E-state index in [1.165, 1.54) is 18.0 Å². The molecule has 0 radical (unpaired) electrons. The highest BCUT2D eigenvalue weighted by Crippen LogP contribution is 2.33. The number of hydrogen-bond donors (Lipinski definition) is 1.